The fourth-order valence-corrected chi connectivity index (χ4v) is 4.35. The Bertz CT molecular complexity index is 1270. The predicted octanol–water partition coefficient (Wildman–Crippen LogP) is 3.57. The van der Waals surface area contributed by atoms with Crippen LogP contribution in [0.3, 0.4) is 0 Å². The molecule has 1 N–H and O–H groups in total. The number of ether oxygens (including phenoxy) is 1. The molecule has 1 aliphatic heterocycles. The Kier molecular flexibility index (Phi) is 8.86. The van der Waals surface area contributed by atoms with Crippen molar-refractivity contribution in [3.05, 3.63) is 89.4 Å². The molecule has 3 heterocycles. The van der Waals surface area contributed by atoms with Gasteiger partial charge in [0.1, 0.15) is 11.7 Å². The molecule has 0 fully saturated rings. The van der Waals surface area contributed by atoms with Gasteiger partial charge in [0.2, 0.25) is 11.8 Å². The number of likely N-dealkylation sites (N-methyl/N-ethyl adjacent to an activating group) is 1. The molecule has 38 heavy (non-hydrogen) atoms. The molecule has 0 spiro atoms. The number of amides is 2. The molecule has 0 saturated carbocycles. The van der Waals surface area contributed by atoms with Gasteiger partial charge < -0.3 is 19.6 Å². The van der Waals surface area contributed by atoms with Crippen LogP contribution < -0.4 is 4.74 Å². The number of benzene rings is 1. The van der Waals surface area contributed by atoms with E-state index in [9.17, 15) is 14.7 Å². The average molecular weight is 515 g/mol. The van der Waals surface area contributed by atoms with E-state index in [0.717, 1.165) is 11.1 Å². The second-order valence-corrected chi connectivity index (χ2v) is 9.76. The van der Waals surface area contributed by atoms with E-state index in [2.05, 4.69) is 9.97 Å². The van der Waals surface area contributed by atoms with Gasteiger partial charge in [-0.1, -0.05) is 55.5 Å². The molecule has 2 aromatic heterocycles. The van der Waals surface area contributed by atoms with Crippen molar-refractivity contribution in [3.8, 4) is 5.88 Å². The van der Waals surface area contributed by atoms with Crippen molar-refractivity contribution in [1.29, 1.82) is 0 Å². The minimum absolute atomic E-state index is 0.0761. The molecule has 2 amide bonds. The summed E-state index contributed by atoms with van der Waals surface area (Å²) in [5, 5.41) is 9.88. The van der Waals surface area contributed by atoms with E-state index in [4.69, 9.17) is 4.74 Å². The van der Waals surface area contributed by atoms with Crippen LogP contribution in [0.4, 0.5) is 0 Å². The van der Waals surface area contributed by atoms with Crippen molar-refractivity contribution >= 4 is 24.0 Å². The monoisotopic (exact) mass is 514 g/mol. The maximum Gasteiger partial charge on any atom is 0.259 e. The van der Waals surface area contributed by atoms with Crippen molar-refractivity contribution in [3.63, 3.8) is 0 Å². The lowest BCUT2D eigenvalue weighted by atomic mass is 9.99. The normalized spacial score (nSPS) is 18.3. The van der Waals surface area contributed by atoms with Crippen LogP contribution in [0.15, 0.2) is 67.0 Å². The van der Waals surface area contributed by atoms with Crippen molar-refractivity contribution in [1.82, 2.24) is 19.8 Å². The summed E-state index contributed by atoms with van der Waals surface area (Å²) in [6.07, 6.45) is 6.98. The van der Waals surface area contributed by atoms with Crippen molar-refractivity contribution in [2.75, 3.05) is 26.7 Å². The summed E-state index contributed by atoms with van der Waals surface area (Å²) in [5.41, 5.74) is 2.83. The first-order valence-corrected chi connectivity index (χ1v) is 12.8. The van der Waals surface area contributed by atoms with Crippen LogP contribution in [0.1, 0.15) is 41.0 Å². The van der Waals surface area contributed by atoms with Crippen molar-refractivity contribution < 1.29 is 19.4 Å². The predicted molar refractivity (Wildman–Crippen MR) is 146 cm³/mol. The van der Waals surface area contributed by atoms with Crippen LogP contribution in [-0.2, 0) is 11.2 Å². The fraction of sp³-hybridized carbons (Fsp3) is 0.333. The molecule has 0 bridgehead atoms. The topological polar surface area (TPSA) is 95.9 Å². The number of hydrogen-bond acceptors (Lipinski definition) is 6. The zero-order chi connectivity index (χ0) is 27.1. The van der Waals surface area contributed by atoms with Gasteiger partial charge in [-0.05, 0) is 36.2 Å². The van der Waals surface area contributed by atoms with Gasteiger partial charge in [0.15, 0.2) is 0 Å². The molecule has 3 aromatic rings. The van der Waals surface area contributed by atoms with Crippen molar-refractivity contribution in [2.45, 2.75) is 32.4 Å². The molecule has 0 aliphatic carbocycles. The molecular weight excluding hydrogens is 480 g/mol. The maximum atomic E-state index is 13.6. The molecule has 8 heteroatoms. The van der Waals surface area contributed by atoms with Gasteiger partial charge >= 0.3 is 0 Å². The lowest BCUT2D eigenvalue weighted by molar-refractivity contribution is -0.130. The highest BCUT2D eigenvalue weighted by molar-refractivity contribution is 5.97. The Morgan fingerprint density at radius 2 is 1.89 bits per heavy atom. The number of nitrogens with zero attached hydrogens (tertiary/aromatic N) is 4. The largest absolute Gasteiger partial charge is 0.472 e. The van der Waals surface area contributed by atoms with E-state index in [1.807, 2.05) is 74.5 Å². The number of hydrogen-bond donors (Lipinski definition) is 1. The maximum absolute atomic E-state index is 13.6. The van der Waals surface area contributed by atoms with E-state index < -0.39 is 6.10 Å². The van der Waals surface area contributed by atoms with Gasteiger partial charge in [0, 0.05) is 37.6 Å². The van der Waals surface area contributed by atoms with E-state index in [1.54, 1.807) is 35.3 Å². The second-order valence-electron chi connectivity index (χ2n) is 9.76. The molecule has 3 atom stereocenters. The lowest BCUT2D eigenvalue weighted by Gasteiger charge is -2.37. The quantitative estimate of drug-likeness (QED) is 0.494. The van der Waals surface area contributed by atoms with E-state index in [0.29, 0.717) is 24.3 Å². The number of carbonyl (C=O) groups excluding carboxylic acids is 2. The van der Waals surface area contributed by atoms with Gasteiger partial charge in [-0.25, -0.2) is 4.98 Å². The number of pyridine rings is 2. The van der Waals surface area contributed by atoms with Crippen LogP contribution in [0.5, 0.6) is 5.88 Å². The summed E-state index contributed by atoms with van der Waals surface area (Å²) >= 11 is 0. The molecule has 4 rings (SSSR count). The Morgan fingerprint density at radius 3 is 2.61 bits per heavy atom. The summed E-state index contributed by atoms with van der Waals surface area (Å²) in [7, 11) is 1.74. The van der Waals surface area contributed by atoms with Crippen LogP contribution in [-0.4, -0.2) is 75.6 Å². The number of aromatic nitrogens is 2. The summed E-state index contributed by atoms with van der Waals surface area (Å²) < 4.78 is 6.32. The molecule has 1 aromatic carbocycles. The number of rotatable bonds is 8. The summed E-state index contributed by atoms with van der Waals surface area (Å²) in [6.45, 7) is 4.32. The Morgan fingerprint density at radius 1 is 1.16 bits per heavy atom. The SMILES string of the molecule is C[C@H](CO)N1C[C@H](C)[C@@H](CN(C)C(=O)Cc2ccccn2)Oc2ncc(/C=C/c3ccccc3)cc2C1=O. The molecule has 0 radical (unpaired) electrons. The second kappa shape index (κ2) is 12.5. The van der Waals surface area contributed by atoms with Crippen LogP contribution in [0.25, 0.3) is 12.2 Å². The first-order chi connectivity index (χ1) is 18.4. The molecular formula is C30H34N4O4. The molecule has 8 nitrogen and oxygen atoms in total. The Labute approximate surface area is 223 Å². The number of fused-ring (bicyclic) bond motifs is 1. The number of aliphatic hydroxyl groups excluding tert-OH is 1. The third-order valence-electron chi connectivity index (χ3n) is 6.75. The third-order valence-corrected chi connectivity index (χ3v) is 6.75. The highest BCUT2D eigenvalue weighted by Crippen LogP contribution is 2.28. The molecule has 198 valence electrons. The fourth-order valence-electron chi connectivity index (χ4n) is 4.35. The summed E-state index contributed by atoms with van der Waals surface area (Å²) in [4.78, 5) is 38.6. The minimum Gasteiger partial charge on any atom is -0.472 e. The minimum atomic E-state index is -0.411. The average Bonchev–Trinajstić information content (AvgIpc) is 2.94. The zero-order valence-corrected chi connectivity index (χ0v) is 22.0. The highest BCUT2D eigenvalue weighted by atomic mass is 16.5. The summed E-state index contributed by atoms with van der Waals surface area (Å²) in [5.74, 6) is -0.212. The van der Waals surface area contributed by atoms with Gasteiger partial charge in [-0.2, -0.15) is 0 Å². The third kappa shape index (κ3) is 6.63. The molecule has 0 saturated heterocycles. The molecule has 1 aliphatic rings. The van der Waals surface area contributed by atoms with Crippen LogP contribution >= 0.6 is 0 Å². The Hall–Kier alpha value is -4.04. The highest BCUT2D eigenvalue weighted by Gasteiger charge is 2.34. The van der Waals surface area contributed by atoms with Gasteiger partial charge in [0.25, 0.3) is 5.91 Å². The number of aliphatic hydroxyl groups is 1. The van der Waals surface area contributed by atoms with E-state index >= 15 is 0 Å². The zero-order valence-electron chi connectivity index (χ0n) is 22.0. The van der Waals surface area contributed by atoms with Gasteiger partial charge in [-0.3, -0.25) is 14.6 Å². The van der Waals surface area contributed by atoms with Crippen LogP contribution in [0, 0.1) is 5.92 Å². The summed E-state index contributed by atoms with van der Waals surface area (Å²) in [6, 6.07) is 16.7. The smallest absolute Gasteiger partial charge is 0.259 e. The first kappa shape index (κ1) is 27.0. The van der Waals surface area contributed by atoms with Gasteiger partial charge in [0.05, 0.1) is 25.6 Å². The standard InChI is InChI=1S/C30H34N4O4/c1-21-18-34(22(2)20-35)30(37)26-15-24(13-12-23-9-5-4-6-10-23)17-32-29(26)38-27(21)19-33(3)28(36)16-25-11-7-8-14-31-25/h4-15,17,21-22,27,35H,16,18-20H2,1-3H3/b13-12+/t21-,22+,27+/m0/s1. The molecule has 0 unspecified atom stereocenters. The van der Waals surface area contributed by atoms with E-state index in [-0.39, 0.29) is 42.7 Å². The van der Waals surface area contributed by atoms with Crippen molar-refractivity contribution in [2.24, 2.45) is 5.92 Å². The van der Waals surface area contributed by atoms with Crippen LogP contribution in [0.2, 0.25) is 0 Å². The first-order valence-electron chi connectivity index (χ1n) is 12.8. The van der Waals surface area contributed by atoms with Gasteiger partial charge in [-0.15, -0.1) is 0 Å². The lowest BCUT2D eigenvalue weighted by Crippen LogP contribution is -2.50. The number of carbonyl (C=O) groups is 2. The Balaban J connectivity index is 1.59. The van der Waals surface area contributed by atoms with E-state index in [1.165, 1.54) is 0 Å².